The molecule has 0 aliphatic heterocycles. The number of nitro benzene ring substituents is 1. The number of non-ortho nitro benzene ring substituents is 1. The average molecular weight is 328 g/mol. The Morgan fingerprint density at radius 3 is 2.33 bits per heavy atom. The molecule has 0 saturated carbocycles. The molecule has 0 fully saturated rings. The van der Waals surface area contributed by atoms with Crippen LogP contribution in [0.4, 0.5) is 11.4 Å². The standard InChI is InChI=1S/C17H16N2O5/c1-18(2)14-8-6-12(7-9-14)17(21)24-11-16(20)13-4-3-5-15(10-13)19(22)23/h3-10H,11H2,1-2H3. The first-order valence-electron chi connectivity index (χ1n) is 7.10. The number of carbonyl (C=O) groups is 2. The third-order valence-corrected chi connectivity index (χ3v) is 3.33. The fourth-order valence-electron chi connectivity index (χ4n) is 1.99. The van der Waals surface area contributed by atoms with E-state index in [4.69, 9.17) is 4.74 Å². The van der Waals surface area contributed by atoms with Gasteiger partial charge in [-0.3, -0.25) is 14.9 Å². The zero-order valence-corrected chi connectivity index (χ0v) is 13.3. The van der Waals surface area contributed by atoms with Crippen molar-refractivity contribution in [3.05, 3.63) is 69.8 Å². The summed E-state index contributed by atoms with van der Waals surface area (Å²) in [7, 11) is 3.76. The second-order valence-electron chi connectivity index (χ2n) is 5.25. The first-order chi connectivity index (χ1) is 11.4. The highest BCUT2D eigenvalue weighted by Crippen LogP contribution is 2.15. The summed E-state index contributed by atoms with van der Waals surface area (Å²) in [6, 6.07) is 12.0. The molecule has 0 radical (unpaired) electrons. The number of ketones is 1. The van der Waals surface area contributed by atoms with Crippen molar-refractivity contribution in [3.63, 3.8) is 0 Å². The SMILES string of the molecule is CN(C)c1ccc(C(=O)OCC(=O)c2cccc([N+](=O)[O-])c2)cc1. The first-order valence-corrected chi connectivity index (χ1v) is 7.10. The molecule has 0 aliphatic rings. The van der Waals surface area contributed by atoms with Gasteiger partial charge in [0.25, 0.3) is 5.69 Å². The van der Waals surface area contributed by atoms with Crippen molar-refractivity contribution < 1.29 is 19.2 Å². The highest BCUT2D eigenvalue weighted by atomic mass is 16.6. The summed E-state index contributed by atoms with van der Waals surface area (Å²) < 4.78 is 4.97. The summed E-state index contributed by atoms with van der Waals surface area (Å²) in [6.45, 7) is -0.477. The first kappa shape index (κ1) is 17.1. The van der Waals surface area contributed by atoms with E-state index < -0.39 is 23.3 Å². The van der Waals surface area contributed by atoms with E-state index in [2.05, 4.69) is 0 Å². The number of Topliss-reactive ketones (excluding diaryl/α,β-unsaturated/α-hetero) is 1. The van der Waals surface area contributed by atoms with Crippen LogP contribution in [0.5, 0.6) is 0 Å². The normalized spacial score (nSPS) is 10.1. The molecule has 2 aromatic rings. The Morgan fingerprint density at radius 2 is 1.75 bits per heavy atom. The smallest absolute Gasteiger partial charge is 0.338 e. The number of ether oxygens (including phenoxy) is 1. The minimum Gasteiger partial charge on any atom is -0.454 e. The molecule has 0 amide bonds. The maximum atomic E-state index is 12.0. The monoisotopic (exact) mass is 328 g/mol. The molecule has 2 aromatic carbocycles. The number of carbonyl (C=O) groups excluding carboxylic acids is 2. The second-order valence-corrected chi connectivity index (χ2v) is 5.25. The Morgan fingerprint density at radius 1 is 1.08 bits per heavy atom. The van der Waals surface area contributed by atoms with E-state index in [9.17, 15) is 19.7 Å². The number of hydrogen-bond donors (Lipinski definition) is 0. The molecule has 2 rings (SSSR count). The van der Waals surface area contributed by atoms with Crippen molar-refractivity contribution in [2.75, 3.05) is 25.6 Å². The molecule has 7 heteroatoms. The fourth-order valence-corrected chi connectivity index (χ4v) is 1.99. The molecule has 0 N–H and O–H groups in total. The molecule has 0 aromatic heterocycles. The van der Waals surface area contributed by atoms with Gasteiger partial charge in [-0.1, -0.05) is 12.1 Å². The van der Waals surface area contributed by atoms with Gasteiger partial charge in [0.05, 0.1) is 10.5 Å². The summed E-state index contributed by atoms with van der Waals surface area (Å²) >= 11 is 0. The number of benzene rings is 2. The van der Waals surface area contributed by atoms with Gasteiger partial charge in [0.2, 0.25) is 5.78 Å². The average Bonchev–Trinajstić information content (AvgIpc) is 2.59. The van der Waals surface area contributed by atoms with E-state index in [-0.39, 0.29) is 11.3 Å². The molecular weight excluding hydrogens is 312 g/mol. The van der Waals surface area contributed by atoms with Gasteiger partial charge < -0.3 is 9.64 Å². The summed E-state index contributed by atoms with van der Waals surface area (Å²) in [4.78, 5) is 35.9. The summed E-state index contributed by atoms with van der Waals surface area (Å²) in [5.74, 6) is -1.13. The minimum atomic E-state index is -0.626. The molecule has 0 aliphatic carbocycles. The molecule has 0 unspecified atom stereocenters. The lowest BCUT2D eigenvalue weighted by Gasteiger charge is -2.12. The van der Waals surface area contributed by atoms with Crippen molar-refractivity contribution in [2.24, 2.45) is 0 Å². The molecule has 0 saturated heterocycles. The molecule has 24 heavy (non-hydrogen) atoms. The maximum absolute atomic E-state index is 12.0. The van der Waals surface area contributed by atoms with Gasteiger partial charge in [-0.15, -0.1) is 0 Å². The fraction of sp³-hybridized carbons (Fsp3) is 0.176. The van der Waals surface area contributed by atoms with Gasteiger partial charge in [0, 0.05) is 37.5 Å². The van der Waals surface area contributed by atoms with Crippen LogP contribution in [0.25, 0.3) is 0 Å². The largest absolute Gasteiger partial charge is 0.454 e. The minimum absolute atomic E-state index is 0.125. The highest BCUT2D eigenvalue weighted by Gasteiger charge is 2.14. The third kappa shape index (κ3) is 4.16. The number of esters is 1. The Labute approximate surface area is 138 Å². The molecular formula is C17H16N2O5. The van der Waals surface area contributed by atoms with Gasteiger partial charge in [0.1, 0.15) is 0 Å². The summed E-state index contributed by atoms with van der Waals surface area (Å²) in [5, 5.41) is 10.7. The van der Waals surface area contributed by atoms with Crippen molar-refractivity contribution in [1.29, 1.82) is 0 Å². The van der Waals surface area contributed by atoms with Gasteiger partial charge >= 0.3 is 5.97 Å². The van der Waals surface area contributed by atoms with E-state index >= 15 is 0 Å². The van der Waals surface area contributed by atoms with Crippen molar-refractivity contribution >= 4 is 23.1 Å². The number of nitro groups is 1. The van der Waals surface area contributed by atoms with Crippen molar-refractivity contribution in [3.8, 4) is 0 Å². The van der Waals surface area contributed by atoms with Gasteiger partial charge in [-0.25, -0.2) is 4.79 Å². The number of hydrogen-bond acceptors (Lipinski definition) is 6. The highest BCUT2D eigenvalue weighted by molar-refractivity contribution is 5.99. The van der Waals surface area contributed by atoms with Crippen LogP contribution < -0.4 is 4.90 Å². The molecule has 0 bridgehead atoms. The lowest BCUT2D eigenvalue weighted by atomic mass is 10.1. The predicted octanol–water partition coefficient (Wildman–Crippen LogP) is 2.70. The topological polar surface area (TPSA) is 89.8 Å². The predicted molar refractivity (Wildman–Crippen MR) is 88.5 cm³/mol. The van der Waals surface area contributed by atoms with Crippen LogP contribution in [-0.4, -0.2) is 37.4 Å². The Bertz CT molecular complexity index is 769. The van der Waals surface area contributed by atoms with Crippen LogP contribution in [0, 0.1) is 10.1 Å². The lowest BCUT2D eigenvalue weighted by Crippen LogP contribution is -2.15. The van der Waals surface area contributed by atoms with E-state index in [1.807, 2.05) is 19.0 Å². The van der Waals surface area contributed by atoms with Crippen LogP contribution in [0.1, 0.15) is 20.7 Å². The van der Waals surface area contributed by atoms with Crippen molar-refractivity contribution in [2.45, 2.75) is 0 Å². The molecule has 0 atom stereocenters. The van der Waals surface area contributed by atoms with Crippen molar-refractivity contribution in [1.82, 2.24) is 0 Å². The molecule has 7 nitrogen and oxygen atoms in total. The third-order valence-electron chi connectivity index (χ3n) is 3.33. The summed E-state index contributed by atoms with van der Waals surface area (Å²) in [6.07, 6.45) is 0. The molecule has 0 spiro atoms. The van der Waals surface area contributed by atoms with Gasteiger partial charge in [-0.05, 0) is 24.3 Å². The zero-order valence-electron chi connectivity index (χ0n) is 13.3. The quantitative estimate of drug-likeness (QED) is 0.350. The Kier molecular flexibility index (Phi) is 5.26. The van der Waals surface area contributed by atoms with E-state index in [0.717, 1.165) is 11.8 Å². The molecule has 0 heterocycles. The van der Waals surface area contributed by atoms with Crippen LogP contribution in [0.15, 0.2) is 48.5 Å². The number of rotatable bonds is 6. The van der Waals surface area contributed by atoms with Crippen LogP contribution in [0.3, 0.4) is 0 Å². The van der Waals surface area contributed by atoms with Crippen LogP contribution in [-0.2, 0) is 4.74 Å². The number of anilines is 1. The second kappa shape index (κ2) is 7.36. The van der Waals surface area contributed by atoms with E-state index in [0.29, 0.717) is 5.56 Å². The van der Waals surface area contributed by atoms with Crippen LogP contribution in [0.2, 0.25) is 0 Å². The van der Waals surface area contributed by atoms with E-state index in [1.54, 1.807) is 24.3 Å². The Hall–Kier alpha value is -3.22. The summed E-state index contributed by atoms with van der Waals surface area (Å²) in [5.41, 5.74) is 1.19. The zero-order chi connectivity index (χ0) is 17.7. The lowest BCUT2D eigenvalue weighted by molar-refractivity contribution is -0.384. The van der Waals surface area contributed by atoms with Gasteiger partial charge in [-0.2, -0.15) is 0 Å². The van der Waals surface area contributed by atoms with Crippen LogP contribution >= 0.6 is 0 Å². The Balaban J connectivity index is 1.99. The van der Waals surface area contributed by atoms with Gasteiger partial charge in [0.15, 0.2) is 6.61 Å². The molecule has 124 valence electrons. The number of nitrogens with zero attached hydrogens (tertiary/aromatic N) is 2. The van der Waals surface area contributed by atoms with E-state index in [1.165, 1.54) is 18.2 Å². The maximum Gasteiger partial charge on any atom is 0.338 e.